The van der Waals surface area contributed by atoms with Gasteiger partial charge in [0.15, 0.2) is 0 Å². The molecule has 1 aromatic carbocycles. The van der Waals surface area contributed by atoms with Gasteiger partial charge in [0, 0.05) is 18.5 Å². The maximum atomic E-state index is 13.3. The molecule has 2 N–H and O–H groups in total. The maximum Gasteiger partial charge on any atom is 0.238 e. The van der Waals surface area contributed by atoms with E-state index in [0.717, 1.165) is 32.5 Å². The van der Waals surface area contributed by atoms with Crippen molar-refractivity contribution in [2.75, 3.05) is 19.6 Å². The highest BCUT2D eigenvalue weighted by atomic mass is 16.2. The highest BCUT2D eigenvalue weighted by Gasteiger charge is 2.62. The van der Waals surface area contributed by atoms with Crippen LogP contribution in [0, 0.1) is 18.3 Å². The summed E-state index contributed by atoms with van der Waals surface area (Å²) >= 11 is 0. The van der Waals surface area contributed by atoms with E-state index in [4.69, 9.17) is 5.73 Å². The summed E-state index contributed by atoms with van der Waals surface area (Å²) in [6.07, 6.45) is 3.57. The Morgan fingerprint density at radius 3 is 2.31 bits per heavy atom. The first kappa shape index (κ1) is 16.3. The minimum absolute atomic E-state index is 0.00311. The van der Waals surface area contributed by atoms with Crippen LogP contribution in [-0.2, 0) is 9.59 Å². The molecule has 26 heavy (non-hydrogen) atoms. The van der Waals surface area contributed by atoms with Gasteiger partial charge >= 0.3 is 0 Å². The molecule has 0 radical (unpaired) electrons. The van der Waals surface area contributed by atoms with Crippen LogP contribution < -0.4 is 5.73 Å². The van der Waals surface area contributed by atoms with Crippen molar-refractivity contribution < 1.29 is 9.59 Å². The Balaban J connectivity index is 1.52. The number of hydrogen-bond acceptors (Lipinski definition) is 3. The Labute approximate surface area is 154 Å². The van der Waals surface area contributed by atoms with Crippen LogP contribution in [0.25, 0.3) is 0 Å². The third-order valence-corrected chi connectivity index (χ3v) is 7.39. The van der Waals surface area contributed by atoms with Gasteiger partial charge in [-0.15, -0.1) is 0 Å². The zero-order chi connectivity index (χ0) is 18.1. The standard InChI is InChI=1S/C21H27N3O2/c1-13-2-4-14(5-3-13)16-12-24(20(26)21(8-9-21)19(22)25)17-15-6-10-23(11-7-15)18(16)17/h2-5,15-18H,6-12H2,1H3,(H2,22,25). The molecule has 5 nitrogen and oxygen atoms in total. The molecule has 0 aromatic heterocycles. The fraction of sp³-hybridized carbons (Fsp3) is 0.619. The van der Waals surface area contributed by atoms with E-state index in [1.54, 1.807) is 0 Å². The number of carbonyl (C=O) groups is 2. The van der Waals surface area contributed by atoms with Gasteiger partial charge < -0.3 is 10.6 Å². The molecule has 4 aliphatic heterocycles. The van der Waals surface area contributed by atoms with E-state index in [1.807, 2.05) is 0 Å². The van der Waals surface area contributed by atoms with Crippen molar-refractivity contribution in [2.24, 2.45) is 17.1 Å². The second-order valence-electron chi connectivity index (χ2n) is 8.78. The van der Waals surface area contributed by atoms with Crippen LogP contribution in [0.1, 0.15) is 42.7 Å². The smallest absolute Gasteiger partial charge is 0.238 e. The van der Waals surface area contributed by atoms with E-state index >= 15 is 0 Å². The normalized spacial score (nSPS) is 36.7. The predicted octanol–water partition coefficient (Wildman–Crippen LogP) is 1.65. The first-order valence-electron chi connectivity index (χ1n) is 9.93. The van der Waals surface area contributed by atoms with Gasteiger partial charge in [0.1, 0.15) is 5.41 Å². The second-order valence-corrected chi connectivity index (χ2v) is 8.78. The summed E-state index contributed by atoms with van der Waals surface area (Å²) in [5.41, 5.74) is 7.28. The van der Waals surface area contributed by atoms with Crippen molar-refractivity contribution in [1.82, 2.24) is 9.80 Å². The first-order chi connectivity index (χ1) is 12.5. The fourth-order valence-corrected chi connectivity index (χ4v) is 5.73. The lowest BCUT2D eigenvalue weighted by Crippen LogP contribution is -2.61. The molecule has 138 valence electrons. The summed E-state index contributed by atoms with van der Waals surface area (Å²) < 4.78 is 0. The Morgan fingerprint density at radius 2 is 1.73 bits per heavy atom. The van der Waals surface area contributed by atoms with Gasteiger partial charge in [-0.2, -0.15) is 0 Å². The molecule has 1 aliphatic carbocycles. The van der Waals surface area contributed by atoms with E-state index in [-0.39, 0.29) is 11.9 Å². The Hall–Kier alpha value is -1.88. The Bertz CT molecular complexity index is 747. The average molecular weight is 353 g/mol. The number of hydrogen-bond donors (Lipinski definition) is 1. The molecule has 1 aromatic rings. The van der Waals surface area contributed by atoms with E-state index in [9.17, 15) is 9.59 Å². The molecule has 4 heterocycles. The van der Waals surface area contributed by atoms with Crippen molar-refractivity contribution in [3.05, 3.63) is 35.4 Å². The second kappa shape index (κ2) is 5.56. The van der Waals surface area contributed by atoms with Crippen molar-refractivity contribution in [3.63, 3.8) is 0 Å². The lowest BCUT2D eigenvalue weighted by atomic mass is 9.75. The average Bonchev–Trinajstić information content (AvgIpc) is 3.37. The topological polar surface area (TPSA) is 66.6 Å². The van der Waals surface area contributed by atoms with Crippen molar-refractivity contribution in [3.8, 4) is 0 Å². The number of aryl methyl sites for hydroxylation is 1. The molecule has 5 fully saturated rings. The fourth-order valence-electron chi connectivity index (χ4n) is 5.73. The number of amides is 2. The van der Waals surface area contributed by atoms with Crippen LogP contribution in [0.4, 0.5) is 0 Å². The molecular formula is C21H27N3O2. The quantitative estimate of drug-likeness (QED) is 0.840. The summed E-state index contributed by atoms with van der Waals surface area (Å²) in [5.74, 6) is 0.465. The van der Waals surface area contributed by atoms with Crippen LogP contribution in [0.3, 0.4) is 0 Å². The van der Waals surface area contributed by atoms with Crippen LogP contribution in [0.2, 0.25) is 0 Å². The third kappa shape index (κ3) is 2.19. The molecule has 0 spiro atoms. The van der Waals surface area contributed by atoms with Gasteiger partial charge in [0.2, 0.25) is 11.8 Å². The number of rotatable bonds is 3. The molecule has 2 amide bonds. The monoisotopic (exact) mass is 353 g/mol. The van der Waals surface area contributed by atoms with E-state index < -0.39 is 11.3 Å². The zero-order valence-electron chi connectivity index (χ0n) is 15.4. The number of nitrogens with two attached hydrogens (primary N) is 1. The Kier molecular flexibility index (Phi) is 3.48. The Morgan fingerprint density at radius 1 is 1.08 bits per heavy atom. The van der Waals surface area contributed by atoms with Gasteiger partial charge in [-0.25, -0.2) is 0 Å². The molecule has 5 heteroatoms. The molecule has 3 unspecified atom stereocenters. The number of nitrogens with zero attached hydrogens (tertiary/aromatic N) is 2. The largest absolute Gasteiger partial charge is 0.369 e. The molecular weight excluding hydrogens is 326 g/mol. The number of piperidine rings is 3. The summed E-state index contributed by atoms with van der Waals surface area (Å²) in [7, 11) is 0. The van der Waals surface area contributed by atoms with Crippen molar-refractivity contribution in [2.45, 2.75) is 50.6 Å². The number of likely N-dealkylation sites (tertiary alicyclic amines) is 1. The predicted molar refractivity (Wildman–Crippen MR) is 98.4 cm³/mol. The van der Waals surface area contributed by atoms with Gasteiger partial charge in [0.25, 0.3) is 0 Å². The van der Waals surface area contributed by atoms with E-state index in [0.29, 0.717) is 30.7 Å². The van der Waals surface area contributed by atoms with Crippen LogP contribution in [0.15, 0.2) is 24.3 Å². The van der Waals surface area contributed by atoms with Gasteiger partial charge in [-0.3, -0.25) is 14.5 Å². The van der Waals surface area contributed by atoms with Crippen molar-refractivity contribution in [1.29, 1.82) is 0 Å². The van der Waals surface area contributed by atoms with Crippen LogP contribution in [-0.4, -0.2) is 53.3 Å². The van der Waals surface area contributed by atoms with Crippen LogP contribution >= 0.6 is 0 Å². The highest BCUT2D eigenvalue weighted by molar-refractivity contribution is 6.07. The summed E-state index contributed by atoms with van der Waals surface area (Å²) in [6, 6.07) is 9.39. The van der Waals surface area contributed by atoms with E-state index in [1.165, 1.54) is 11.1 Å². The SMILES string of the molecule is Cc1ccc(C2CN(C(=O)C3(C(N)=O)CC3)C3C4CCN(CC4)C23)cc1. The van der Waals surface area contributed by atoms with Gasteiger partial charge in [0.05, 0.1) is 6.04 Å². The van der Waals surface area contributed by atoms with Gasteiger partial charge in [-0.05, 0) is 57.2 Å². The molecule has 1 saturated carbocycles. The van der Waals surface area contributed by atoms with Crippen LogP contribution in [0.5, 0.6) is 0 Å². The summed E-state index contributed by atoms with van der Waals surface area (Å²) in [6.45, 7) is 5.10. The highest BCUT2D eigenvalue weighted by Crippen LogP contribution is 2.52. The number of carbonyl (C=O) groups excluding carboxylic acids is 2. The first-order valence-corrected chi connectivity index (χ1v) is 9.93. The molecule has 4 saturated heterocycles. The maximum absolute atomic E-state index is 13.3. The minimum Gasteiger partial charge on any atom is -0.369 e. The van der Waals surface area contributed by atoms with Crippen molar-refractivity contribution >= 4 is 11.8 Å². The molecule has 5 aliphatic rings. The lowest BCUT2D eigenvalue weighted by molar-refractivity contribution is -0.146. The van der Waals surface area contributed by atoms with E-state index in [2.05, 4.69) is 41.0 Å². The molecule has 3 atom stereocenters. The lowest BCUT2D eigenvalue weighted by Gasteiger charge is -2.51. The third-order valence-electron chi connectivity index (χ3n) is 7.39. The number of benzene rings is 1. The minimum atomic E-state index is -0.904. The number of primary amides is 1. The molecule has 6 rings (SSSR count). The van der Waals surface area contributed by atoms with Gasteiger partial charge in [-0.1, -0.05) is 29.8 Å². The summed E-state index contributed by atoms with van der Waals surface area (Å²) in [4.78, 5) is 29.9. The number of fused-ring (bicyclic) bond motifs is 2. The molecule has 2 bridgehead atoms. The zero-order valence-corrected chi connectivity index (χ0v) is 15.4. The summed E-state index contributed by atoms with van der Waals surface area (Å²) in [5, 5.41) is 0.